The standard InChI is InChI=1S/C10H11Cl2NO2/c1-6(5-14)13-10(15)7-2-3-8(11)9(12)4-7/h2-4,6,14H,5H2,1H3,(H,13,15)/t6-/m0/s1. The maximum Gasteiger partial charge on any atom is 0.251 e. The second-order valence-electron chi connectivity index (χ2n) is 3.19. The summed E-state index contributed by atoms with van der Waals surface area (Å²) in [6.07, 6.45) is 0. The number of halogens is 2. The van der Waals surface area contributed by atoms with Gasteiger partial charge in [0.25, 0.3) is 5.91 Å². The van der Waals surface area contributed by atoms with Gasteiger partial charge in [0.2, 0.25) is 0 Å². The maximum atomic E-state index is 11.6. The number of benzene rings is 1. The van der Waals surface area contributed by atoms with Gasteiger partial charge in [-0.2, -0.15) is 0 Å². The number of hydrogen-bond acceptors (Lipinski definition) is 2. The third-order valence-electron chi connectivity index (χ3n) is 1.83. The van der Waals surface area contributed by atoms with Gasteiger partial charge in [-0.15, -0.1) is 0 Å². The third-order valence-corrected chi connectivity index (χ3v) is 2.57. The van der Waals surface area contributed by atoms with Crippen LogP contribution in [0.25, 0.3) is 0 Å². The molecule has 2 N–H and O–H groups in total. The van der Waals surface area contributed by atoms with Gasteiger partial charge in [0.15, 0.2) is 0 Å². The Morgan fingerprint density at radius 1 is 1.47 bits per heavy atom. The van der Waals surface area contributed by atoms with E-state index in [1.807, 2.05) is 0 Å². The average molecular weight is 248 g/mol. The summed E-state index contributed by atoms with van der Waals surface area (Å²) < 4.78 is 0. The third kappa shape index (κ3) is 3.38. The van der Waals surface area contributed by atoms with Crippen molar-refractivity contribution in [2.75, 3.05) is 6.61 Å². The minimum absolute atomic E-state index is 0.104. The van der Waals surface area contributed by atoms with Crippen LogP contribution in [0.2, 0.25) is 10.0 Å². The van der Waals surface area contributed by atoms with Gasteiger partial charge >= 0.3 is 0 Å². The van der Waals surface area contributed by atoms with Gasteiger partial charge in [0.1, 0.15) is 0 Å². The van der Waals surface area contributed by atoms with E-state index in [1.54, 1.807) is 19.1 Å². The van der Waals surface area contributed by atoms with Crippen LogP contribution in [0.1, 0.15) is 17.3 Å². The Hall–Kier alpha value is -0.770. The number of rotatable bonds is 3. The van der Waals surface area contributed by atoms with Gasteiger partial charge in [-0.3, -0.25) is 4.79 Å². The van der Waals surface area contributed by atoms with E-state index in [2.05, 4.69) is 5.32 Å². The highest BCUT2D eigenvalue weighted by Gasteiger charge is 2.10. The molecule has 1 amide bonds. The van der Waals surface area contributed by atoms with E-state index in [0.29, 0.717) is 15.6 Å². The van der Waals surface area contributed by atoms with Crippen LogP contribution in [0.3, 0.4) is 0 Å². The normalized spacial score (nSPS) is 12.3. The zero-order chi connectivity index (χ0) is 11.4. The summed E-state index contributed by atoms with van der Waals surface area (Å²) in [5.41, 5.74) is 0.421. The fourth-order valence-corrected chi connectivity index (χ4v) is 1.29. The number of aliphatic hydroxyl groups excluding tert-OH is 1. The average Bonchev–Trinajstić information content (AvgIpc) is 2.21. The van der Waals surface area contributed by atoms with E-state index in [-0.39, 0.29) is 18.6 Å². The molecule has 0 saturated carbocycles. The second-order valence-corrected chi connectivity index (χ2v) is 4.00. The molecule has 15 heavy (non-hydrogen) atoms. The molecule has 5 heteroatoms. The molecule has 0 fully saturated rings. The molecule has 0 unspecified atom stereocenters. The number of carbonyl (C=O) groups is 1. The molecule has 3 nitrogen and oxygen atoms in total. The molecule has 0 aliphatic rings. The summed E-state index contributed by atoms with van der Waals surface area (Å²) in [6, 6.07) is 4.34. The molecular weight excluding hydrogens is 237 g/mol. The van der Waals surface area contributed by atoms with Crippen LogP contribution in [0.5, 0.6) is 0 Å². The zero-order valence-corrected chi connectivity index (χ0v) is 9.64. The van der Waals surface area contributed by atoms with E-state index in [9.17, 15) is 4.79 Å². The van der Waals surface area contributed by atoms with Crippen LogP contribution in [-0.4, -0.2) is 23.7 Å². The molecule has 0 heterocycles. The molecule has 0 aromatic heterocycles. The minimum atomic E-state index is -0.285. The Morgan fingerprint density at radius 3 is 2.67 bits per heavy atom. The first-order valence-corrected chi connectivity index (χ1v) is 5.17. The van der Waals surface area contributed by atoms with Crippen molar-refractivity contribution in [1.82, 2.24) is 5.32 Å². The van der Waals surface area contributed by atoms with Crippen molar-refractivity contribution in [3.8, 4) is 0 Å². The first-order valence-electron chi connectivity index (χ1n) is 4.41. The lowest BCUT2D eigenvalue weighted by Crippen LogP contribution is -2.34. The van der Waals surface area contributed by atoms with Gasteiger partial charge in [0.05, 0.1) is 16.7 Å². The smallest absolute Gasteiger partial charge is 0.251 e. The number of nitrogens with one attached hydrogen (secondary N) is 1. The van der Waals surface area contributed by atoms with Crippen molar-refractivity contribution in [3.63, 3.8) is 0 Å². The molecule has 0 aliphatic heterocycles. The molecule has 0 radical (unpaired) electrons. The number of amides is 1. The summed E-state index contributed by atoms with van der Waals surface area (Å²) in [4.78, 5) is 11.6. The monoisotopic (exact) mass is 247 g/mol. The van der Waals surface area contributed by atoms with E-state index < -0.39 is 0 Å². The SMILES string of the molecule is C[C@@H](CO)NC(=O)c1ccc(Cl)c(Cl)c1. The molecule has 1 aromatic rings. The van der Waals surface area contributed by atoms with Crippen molar-refractivity contribution in [3.05, 3.63) is 33.8 Å². The molecule has 1 rings (SSSR count). The molecule has 1 atom stereocenters. The Morgan fingerprint density at radius 2 is 2.13 bits per heavy atom. The predicted molar refractivity (Wildman–Crippen MR) is 60.5 cm³/mol. The van der Waals surface area contributed by atoms with Crippen molar-refractivity contribution in [2.45, 2.75) is 13.0 Å². The highest BCUT2D eigenvalue weighted by atomic mass is 35.5. The topological polar surface area (TPSA) is 49.3 Å². The molecular formula is C10H11Cl2NO2. The first kappa shape index (κ1) is 12.3. The van der Waals surface area contributed by atoms with Crippen LogP contribution in [-0.2, 0) is 0 Å². The zero-order valence-electron chi connectivity index (χ0n) is 8.13. The summed E-state index contributed by atoms with van der Waals surface area (Å²) in [6.45, 7) is 1.60. The molecule has 1 aromatic carbocycles. The van der Waals surface area contributed by atoms with Crippen molar-refractivity contribution in [2.24, 2.45) is 0 Å². The van der Waals surface area contributed by atoms with E-state index >= 15 is 0 Å². The van der Waals surface area contributed by atoms with E-state index in [0.717, 1.165) is 0 Å². The molecule has 0 spiro atoms. The highest BCUT2D eigenvalue weighted by Crippen LogP contribution is 2.22. The lowest BCUT2D eigenvalue weighted by molar-refractivity contribution is 0.0922. The van der Waals surface area contributed by atoms with Gasteiger partial charge in [0, 0.05) is 11.6 Å². The highest BCUT2D eigenvalue weighted by molar-refractivity contribution is 6.42. The Labute approximate surface area is 98.0 Å². The van der Waals surface area contributed by atoms with Crippen LogP contribution in [0.4, 0.5) is 0 Å². The Bertz CT molecular complexity index is 368. The van der Waals surface area contributed by atoms with Crippen LogP contribution in [0, 0.1) is 0 Å². The van der Waals surface area contributed by atoms with Gasteiger partial charge in [-0.25, -0.2) is 0 Å². The number of aliphatic hydroxyl groups is 1. The maximum absolute atomic E-state index is 11.6. The Kier molecular flexibility index (Phi) is 4.39. The van der Waals surface area contributed by atoms with E-state index in [4.69, 9.17) is 28.3 Å². The molecule has 82 valence electrons. The molecule has 0 saturated heterocycles. The quantitative estimate of drug-likeness (QED) is 0.860. The van der Waals surface area contributed by atoms with E-state index in [1.165, 1.54) is 6.07 Å². The van der Waals surface area contributed by atoms with Crippen molar-refractivity contribution >= 4 is 29.1 Å². The van der Waals surface area contributed by atoms with Gasteiger partial charge in [-0.05, 0) is 25.1 Å². The molecule has 0 aliphatic carbocycles. The summed E-state index contributed by atoms with van der Waals surface area (Å²) in [5, 5.41) is 12.1. The van der Waals surface area contributed by atoms with Crippen LogP contribution >= 0.6 is 23.2 Å². The second kappa shape index (κ2) is 5.35. The van der Waals surface area contributed by atoms with Gasteiger partial charge < -0.3 is 10.4 Å². The number of carbonyl (C=O) groups excluding carboxylic acids is 1. The van der Waals surface area contributed by atoms with Gasteiger partial charge in [-0.1, -0.05) is 23.2 Å². The lowest BCUT2D eigenvalue weighted by Gasteiger charge is -2.10. The predicted octanol–water partition coefficient (Wildman–Crippen LogP) is 2.10. The van der Waals surface area contributed by atoms with Crippen molar-refractivity contribution < 1.29 is 9.90 Å². The number of hydrogen-bond donors (Lipinski definition) is 2. The fraction of sp³-hybridized carbons (Fsp3) is 0.300. The van der Waals surface area contributed by atoms with Crippen LogP contribution in [0.15, 0.2) is 18.2 Å². The fourth-order valence-electron chi connectivity index (χ4n) is 0.990. The summed E-state index contributed by atoms with van der Waals surface area (Å²) >= 11 is 11.5. The summed E-state index contributed by atoms with van der Waals surface area (Å²) in [5.74, 6) is -0.282. The molecule has 0 bridgehead atoms. The first-order chi connectivity index (χ1) is 7.04. The lowest BCUT2D eigenvalue weighted by atomic mass is 10.2. The van der Waals surface area contributed by atoms with Crippen molar-refractivity contribution in [1.29, 1.82) is 0 Å². The largest absolute Gasteiger partial charge is 0.394 e. The Balaban J connectivity index is 2.78. The van der Waals surface area contributed by atoms with Crippen LogP contribution < -0.4 is 5.32 Å². The summed E-state index contributed by atoms with van der Waals surface area (Å²) in [7, 11) is 0. The minimum Gasteiger partial charge on any atom is -0.394 e.